The second kappa shape index (κ2) is 2.16. The molecule has 1 saturated carbocycles. The molecule has 2 aliphatic rings. The maximum Gasteiger partial charge on any atom is 0.228 e. The summed E-state index contributed by atoms with van der Waals surface area (Å²) in [5.74, 6) is 0.851. The molecule has 1 heterocycles. The Labute approximate surface area is 77.7 Å². The zero-order valence-electron chi connectivity index (χ0n) is 7.08. The van der Waals surface area contributed by atoms with E-state index in [2.05, 4.69) is 5.32 Å². The summed E-state index contributed by atoms with van der Waals surface area (Å²) in [7, 11) is 5.64. The maximum atomic E-state index is 11.4. The van der Waals surface area contributed by atoms with Crippen LogP contribution in [0, 0.1) is 5.92 Å². The third kappa shape index (κ3) is 0.931. The van der Waals surface area contributed by atoms with Crippen LogP contribution in [0.25, 0.3) is 0 Å². The van der Waals surface area contributed by atoms with Gasteiger partial charge >= 0.3 is 0 Å². The quantitative estimate of drug-likeness (QED) is 0.564. The predicted molar refractivity (Wildman–Crippen MR) is 51.3 cm³/mol. The Morgan fingerprint density at radius 2 is 2.23 bits per heavy atom. The van der Waals surface area contributed by atoms with Gasteiger partial charge in [-0.15, -0.1) is 0 Å². The Morgan fingerprint density at radius 1 is 1.38 bits per heavy atom. The molecule has 62 valence electrons. The van der Waals surface area contributed by atoms with Crippen LogP contribution in [0.5, 0.6) is 0 Å². The molecule has 1 amide bonds. The predicted octanol–water partition coefficient (Wildman–Crippen LogP) is 0.536. The number of benzene rings is 1. The Kier molecular flexibility index (Phi) is 1.20. The van der Waals surface area contributed by atoms with E-state index in [1.807, 2.05) is 18.2 Å². The Bertz CT molecular complexity index is 402. The van der Waals surface area contributed by atoms with Crippen LogP contribution in [0.2, 0.25) is 0 Å². The van der Waals surface area contributed by atoms with E-state index in [0.717, 1.165) is 12.1 Å². The topological polar surface area (TPSA) is 29.1 Å². The van der Waals surface area contributed by atoms with Crippen molar-refractivity contribution in [3.05, 3.63) is 23.8 Å². The summed E-state index contributed by atoms with van der Waals surface area (Å²) >= 11 is 0. The summed E-state index contributed by atoms with van der Waals surface area (Å²) in [6.07, 6.45) is 1.00. The first-order chi connectivity index (χ1) is 6.25. The molecule has 3 heteroatoms. The molecule has 0 bridgehead atoms. The van der Waals surface area contributed by atoms with Crippen LogP contribution >= 0.6 is 0 Å². The van der Waals surface area contributed by atoms with Gasteiger partial charge in [-0.25, -0.2) is 0 Å². The first kappa shape index (κ1) is 7.19. The third-order valence-corrected chi connectivity index (χ3v) is 2.86. The Balaban J connectivity index is 2.14. The van der Waals surface area contributed by atoms with Crippen molar-refractivity contribution in [1.82, 2.24) is 0 Å². The zero-order valence-corrected chi connectivity index (χ0v) is 7.08. The van der Waals surface area contributed by atoms with E-state index in [0.29, 0.717) is 11.4 Å². The van der Waals surface area contributed by atoms with Crippen LogP contribution in [0.1, 0.15) is 17.9 Å². The molecule has 2 nitrogen and oxygen atoms in total. The highest BCUT2D eigenvalue weighted by molar-refractivity contribution is 6.32. The molecule has 0 aromatic heterocycles. The first-order valence-electron chi connectivity index (χ1n) is 4.46. The van der Waals surface area contributed by atoms with Crippen LogP contribution < -0.4 is 10.8 Å². The van der Waals surface area contributed by atoms with Gasteiger partial charge in [0.05, 0.1) is 0 Å². The Morgan fingerprint density at radius 3 is 3.08 bits per heavy atom. The van der Waals surface area contributed by atoms with Gasteiger partial charge < -0.3 is 5.32 Å². The lowest BCUT2D eigenvalue weighted by atomic mass is 9.91. The fourth-order valence-electron chi connectivity index (χ4n) is 2.06. The number of carbonyl (C=O) groups is 1. The summed E-state index contributed by atoms with van der Waals surface area (Å²) in [6, 6.07) is 5.75. The number of nitrogens with one attached hydrogen (secondary N) is 1. The molecule has 3 rings (SSSR count). The zero-order chi connectivity index (χ0) is 9.00. The smallest absolute Gasteiger partial charge is 0.228 e. The van der Waals surface area contributed by atoms with Crippen molar-refractivity contribution in [1.29, 1.82) is 0 Å². The van der Waals surface area contributed by atoms with Gasteiger partial charge in [-0.3, -0.25) is 4.79 Å². The number of rotatable bonds is 0. The molecule has 1 aliphatic carbocycles. The van der Waals surface area contributed by atoms with E-state index in [1.54, 1.807) is 0 Å². The highest BCUT2D eigenvalue weighted by Gasteiger charge is 2.48. The molecule has 1 aromatic carbocycles. The second-order valence-corrected chi connectivity index (χ2v) is 3.78. The molecule has 13 heavy (non-hydrogen) atoms. The van der Waals surface area contributed by atoms with Gasteiger partial charge in [-0.2, -0.15) is 0 Å². The fraction of sp³-hybridized carbons (Fsp3) is 0.300. The number of hydrogen-bond acceptors (Lipinski definition) is 1. The lowest BCUT2D eigenvalue weighted by Crippen LogP contribution is -2.21. The van der Waals surface area contributed by atoms with Crippen molar-refractivity contribution >= 4 is 24.9 Å². The molecule has 1 aliphatic heterocycles. The van der Waals surface area contributed by atoms with Crippen molar-refractivity contribution in [3.8, 4) is 0 Å². The molecule has 1 aromatic rings. The summed E-state index contributed by atoms with van der Waals surface area (Å²) in [6.45, 7) is 0. The maximum absolute atomic E-state index is 11.4. The van der Waals surface area contributed by atoms with Crippen molar-refractivity contribution in [3.63, 3.8) is 0 Å². The SMILES string of the molecule is [B]c1ccc2c(c1)NC(=O)C1CC21. The summed E-state index contributed by atoms with van der Waals surface area (Å²) < 4.78 is 0. The molecule has 1 N–H and O–H groups in total. The van der Waals surface area contributed by atoms with Crippen molar-refractivity contribution in [2.24, 2.45) is 5.92 Å². The Hall–Kier alpha value is -1.25. The van der Waals surface area contributed by atoms with Crippen LogP contribution in [0.4, 0.5) is 5.69 Å². The van der Waals surface area contributed by atoms with Gasteiger partial charge in [0.1, 0.15) is 7.85 Å². The lowest BCUT2D eigenvalue weighted by molar-refractivity contribution is -0.117. The van der Waals surface area contributed by atoms with E-state index >= 15 is 0 Å². The minimum Gasteiger partial charge on any atom is -0.326 e. The highest BCUT2D eigenvalue weighted by Crippen LogP contribution is 2.52. The number of hydrogen-bond donors (Lipinski definition) is 1. The van der Waals surface area contributed by atoms with Gasteiger partial charge in [0.25, 0.3) is 0 Å². The average molecular weight is 169 g/mol. The molecule has 0 saturated heterocycles. The van der Waals surface area contributed by atoms with Crippen LogP contribution in [0.15, 0.2) is 18.2 Å². The molecular weight excluding hydrogens is 161 g/mol. The standard InChI is InChI=1S/C10H8BNO/c11-5-1-2-6-7-4-8(7)10(13)12-9(6)3-5/h1-3,7-8H,4H2,(H,12,13). The number of carbonyl (C=O) groups excluding carboxylic acids is 1. The van der Waals surface area contributed by atoms with Gasteiger partial charge in [0.15, 0.2) is 0 Å². The molecule has 2 atom stereocenters. The summed E-state index contributed by atoms with van der Waals surface area (Å²) in [4.78, 5) is 11.4. The molecule has 1 fully saturated rings. The van der Waals surface area contributed by atoms with E-state index in [-0.39, 0.29) is 11.8 Å². The lowest BCUT2D eigenvalue weighted by Gasteiger charge is -2.16. The number of anilines is 1. The number of fused-ring (bicyclic) bond motifs is 3. The van der Waals surface area contributed by atoms with E-state index in [4.69, 9.17) is 7.85 Å². The minimum atomic E-state index is 0.156. The first-order valence-corrected chi connectivity index (χ1v) is 4.46. The number of amides is 1. The molecule has 2 radical (unpaired) electrons. The second-order valence-electron chi connectivity index (χ2n) is 3.78. The van der Waals surface area contributed by atoms with E-state index in [9.17, 15) is 4.79 Å². The van der Waals surface area contributed by atoms with Crippen molar-refractivity contribution in [2.45, 2.75) is 12.3 Å². The van der Waals surface area contributed by atoms with Gasteiger partial charge in [-0.1, -0.05) is 17.6 Å². The molecule has 0 spiro atoms. The van der Waals surface area contributed by atoms with Gasteiger partial charge in [0, 0.05) is 11.6 Å². The highest BCUT2D eigenvalue weighted by atomic mass is 16.2. The minimum absolute atomic E-state index is 0.156. The molecule has 2 unspecified atom stereocenters. The van der Waals surface area contributed by atoms with Crippen molar-refractivity contribution < 1.29 is 4.79 Å². The average Bonchev–Trinajstić information content (AvgIpc) is 2.83. The normalized spacial score (nSPS) is 28.8. The third-order valence-electron chi connectivity index (χ3n) is 2.86. The monoisotopic (exact) mass is 169 g/mol. The van der Waals surface area contributed by atoms with Crippen molar-refractivity contribution in [2.75, 3.05) is 5.32 Å². The largest absolute Gasteiger partial charge is 0.326 e. The van der Waals surface area contributed by atoms with Crippen LogP contribution in [0.3, 0.4) is 0 Å². The van der Waals surface area contributed by atoms with Crippen LogP contribution in [-0.2, 0) is 4.79 Å². The van der Waals surface area contributed by atoms with E-state index in [1.165, 1.54) is 5.56 Å². The fourth-order valence-corrected chi connectivity index (χ4v) is 2.06. The van der Waals surface area contributed by atoms with Gasteiger partial charge in [0.2, 0.25) is 5.91 Å². The van der Waals surface area contributed by atoms with Gasteiger partial charge in [-0.05, 0) is 24.0 Å². The summed E-state index contributed by atoms with van der Waals surface area (Å²) in [5, 5.41) is 2.87. The molecular formula is C10H8BNO. The van der Waals surface area contributed by atoms with E-state index < -0.39 is 0 Å². The summed E-state index contributed by atoms with van der Waals surface area (Å²) in [5.41, 5.74) is 2.86. The van der Waals surface area contributed by atoms with Crippen LogP contribution in [-0.4, -0.2) is 13.8 Å².